The van der Waals surface area contributed by atoms with Gasteiger partial charge in [0.1, 0.15) is 11.5 Å². The number of carbonyl (C=O) groups excluding carboxylic acids is 1. The number of ether oxygens (including phenoxy) is 2. The summed E-state index contributed by atoms with van der Waals surface area (Å²) in [6.07, 6.45) is 0.582. The van der Waals surface area contributed by atoms with E-state index in [0.717, 1.165) is 44.7 Å². The maximum atomic E-state index is 11.8. The Morgan fingerprint density at radius 3 is 2.18 bits per heavy atom. The second-order valence-electron chi connectivity index (χ2n) is 7.45. The zero-order valence-electron chi connectivity index (χ0n) is 18.8. The second-order valence-corrected chi connectivity index (χ2v) is 8.94. The molecule has 3 aromatic carbocycles. The summed E-state index contributed by atoms with van der Waals surface area (Å²) in [4.78, 5) is 20.1. The van der Waals surface area contributed by atoms with Crippen molar-refractivity contribution in [1.82, 2.24) is 9.97 Å². The van der Waals surface area contributed by atoms with E-state index in [2.05, 4.69) is 4.98 Å². The van der Waals surface area contributed by atoms with Gasteiger partial charge in [0, 0.05) is 27.5 Å². The molecule has 0 aliphatic rings. The third-order valence-corrected chi connectivity index (χ3v) is 6.63. The maximum absolute atomic E-state index is 11.8. The number of carbonyl (C=O) groups is 1. The average Bonchev–Trinajstić information content (AvgIpc) is 3.29. The minimum absolute atomic E-state index is 0.449. The summed E-state index contributed by atoms with van der Waals surface area (Å²) in [7, 11) is 3.29. The molecule has 1 amide bonds. The van der Waals surface area contributed by atoms with Crippen LogP contribution >= 0.6 is 23.4 Å². The number of nitrogens with two attached hydrogens (primary N) is 1. The molecule has 4 aromatic rings. The van der Waals surface area contributed by atoms with Gasteiger partial charge >= 0.3 is 0 Å². The van der Waals surface area contributed by atoms with Crippen molar-refractivity contribution in [1.29, 1.82) is 0 Å². The lowest BCUT2D eigenvalue weighted by atomic mass is 10.0. The van der Waals surface area contributed by atoms with Gasteiger partial charge in [-0.1, -0.05) is 29.4 Å². The van der Waals surface area contributed by atoms with Crippen LogP contribution in [0.15, 0.2) is 71.9 Å². The third kappa shape index (κ3) is 5.21. The predicted octanol–water partition coefficient (Wildman–Crippen LogP) is 5.85. The Labute approximate surface area is 207 Å². The van der Waals surface area contributed by atoms with E-state index >= 15 is 0 Å². The summed E-state index contributed by atoms with van der Waals surface area (Å²) in [5.74, 6) is 1.75. The van der Waals surface area contributed by atoms with Crippen molar-refractivity contribution < 1.29 is 14.3 Å². The van der Waals surface area contributed by atoms with Crippen molar-refractivity contribution in [2.24, 2.45) is 5.73 Å². The molecule has 6 nitrogen and oxygen atoms in total. The highest BCUT2D eigenvalue weighted by Gasteiger charge is 2.16. The number of nitrogens with one attached hydrogen (secondary N) is 1. The number of hydrogen-bond acceptors (Lipinski definition) is 5. The first kappa shape index (κ1) is 23.7. The molecule has 1 aromatic heterocycles. The van der Waals surface area contributed by atoms with Gasteiger partial charge in [-0.05, 0) is 72.6 Å². The van der Waals surface area contributed by atoms with Crippen LogP contribution in [-0.4, -0.2) is 35.8 Å². The Hall–Kier alpha value is -3.42. The van der Waals surface area contributed by atoms with Gasteiger partial charge in [-0.15, -0.1) is 0 Å². The third-order valence-electron chi connectivity index (χ3n) is 5.40. The summed E-state index contributed by atoms with van der Waals surface area (Å²) >= 11 is 7.89. The molecule has 0 fully saturated rings. The van der Waals surface area contributed by atoms with Gasteiger partial charge in [-0.25, -0.2) is 4.98 Å². The molecule has 0 spiro atoms. The average molecular weight is 494 g/mol. The van der Waals surface area contributed by atoms with E-state index < -0.39 is 5.91 Å². The highest BCUT2D eigenvalue weighted by Crippen LogP contribution is 2.34. The molecule has 174 valence electrons. The predicted molar refractivity (Wildman–Crippen MR) is 137 cm³/mol. The van der Waals surface area contributed by atoms with E-state index in [1.807, 2.05) is 48.5 Å². The normalized spacial score (nSPS) is 10.8. The number of nitrogens with zero attached hydrogens (tertiary/aromatic N) is 1. The summed E-state index contributed by atoms with van der Waals surface area (Å²) in [5, 5.41) is 1.30. The zero-order valence-corrected chi connectivity index (χ0v) is 20.4. The Morgan fingerprint density at radius 1 is 0.971 bits per heavy atom. The first-order valence-electron chi connectivity index (χ1n) is 10.6. The maximum Gasteiger partial charge on any atom is 0.249 e. The van der Waals surface area contributed by atoms with Crippen LogP contribution in [0.2, 0.25) is 5.02 Å². The second kappa shape index (κ2) is 10.7. The molecule has 0 aliphatic carbocycles. The molecule has 0 saturated heterocycles. The van der Waals surface area contributed by atoms with Gasteiger partial charge < -0.3 is 20.2 Å². The molecule has 0 unspecified atom stereocenters. The number of aromatic amines is 1. The van der Waals surface area contributed by atoms with Crippen LogP contribution in [0.5, 0.6) is 11.5 Å². The first-order chi connectivity index (χ1) is 16.5. The van der Waals surface area contributed by atoms with Gasteiger partial charge in [-0.2, -0.15) is 0 Å². The van der Waals surface area contributed by atoms with Crippen molar-refractivity contribution in [3.05, 3.63) is 82.9 Å². The Kier molecular flexibility index (Phi) is 7.45. The summed E-state index contributed by atoms with van der Waals surface area (Å²) in [5.41, 5.74) is 10.4. The van der Waals surface area contributed by atoms with Crippen LogP contribution in [0.3, 0.4) is 0 Å². The van der Waals surface area contributed by atoms with Crippen LogP contribution in [-0.2, 0) is 6.42 Å². The Morgan fingerprint density at radius 2 is 1.59 bits per heavy atom. The van der Waals surface area contributed by atoms with Gasteiger partial charge in [0.25, 0.3) is 0 Å². The van der Waals surface area contributed by atoms with Gasteiger partial charge in [0.15, 0.2) is 5.16 Å². The number of halogens is 1. The molecule has 0 bridgehead atoms. The number of H-pyrrole nitrogens is 1. The smallest absolute Gasteiger partial charge is 0.249 e. The molecular formula is C26H24ClN3O3S. The van der Waals surface area contributed by atoms with Gasteiger partial charge in [0.2, 0.25) is 5.91 Å². The van der Waals surface area contributed by atoms with Crippen LogP contribution in [0.25, 0.3) is 22.5 Å². The number of imidazole rings is 1. The minimum atomic E-state index is -0.482. The van der Waals surface area contributed by atoms with E-state index in [-0.39, 0.29) is 0 Å². The SMILES string of the molecule is COc1ccc(-c2nc(SCCc3c(Cl)cccc3C(N)=O)[nH]c2-c2ccc(OC)cc2)cc1. The van der Waals surface area contributed by atoms with E-state index in [0.29, 0.717) is 22.8 Å². The van der Waals surface area contributed by atoms with Crippen LogP contribution in [0.4, 0.5) is 0 Å². The summed E-state index contributed by atoms with van der Waals surface area (Å²) < 4.78 is 10.6. The zero-order chi connectivity index (χ0) is 24.1. The van der Waals surface area contributed by atoms with Crippen LogP contribution in [0, 0.1) is 0 Å². The number of thioether (sulfide) groups is 1. The Balaban J connectivity index is 1.62. The van der Waals surface area contributed by atoms with Crippen molar-refractivity contribution in [3.8, 4) is 34.0 Å². The molecule has 0 radical (unpaired) electrons. The highest BCUT2D eigenvalue weighted by atomic mass is 35.5. The topological polar surface area (TPSA) is 90.2 Å². The fourth-order valence-corrected chi connectivity index (χ4v) is 4.74. The van der Waals surface area contributed by atoms with Gasteiger partial charge in [0.05, 0.1) is 25.6 Å². The lowest BCUT2D eigenvalue weighted by molar-refractivity contribution is 0.0999. The monoisotopic (exact) mass is 493 g/mol. The van der Waals surface area contributed by atoms with E-state index in [4.69, 9.17) is 31.8 Å². The standard InChI is InChI=1S/C26H24ClN3O3S/c1-32-18-10-6-16(7-11-18)23-24(17-8-12-19(33-2)13-9-17)30-26(29-23)34-15-14-20-21(25(28)31)4-3-5-22(20)27/h3-13H,14-15H2,1-2H3,(H2,28,31)(H,29,30). The number of methoxy groups -OCH3 is 2. The molecule has 3 N–H and O–H groups in total. The molecule has 0 saturated carbocycles. The number of primary amides is 1. The largest absolute Gasteiger partial charge is 0.497 e. The molecule has 1 heterocycles. The lowest BCUT2D eigenvalue weighted by Gasteiger charge is -2.08. The fourth-order valence-electron chi connectivity index (χ4n) is 3.64. The molecular weight excluding hydrogens is 470 g/mol. The first-order valence-corrected chi connectivity index (χ1v) is 12.0. The van der Waals surface area contributed by atoms with Crippen molar-refractivity contribution >= 4 is 29.3 Å². The van der Waals surface area contributed by atoms with Crippen molar-refractivity contribution in [2.45, 2.75) is 11.6 Å². The van der Waals surface area contributed by atoms with E-state index in [1.165, 1.54) is 0 Å². The number of hydrogen-bond donors (Lipinski definition) is 2. The van der Waals surface area contributed by atoms with Gasteiger partial charge in [-0.3, -0.25) is 4.79 Å². The Bertz CT molecular complexity index is 1220. The molecule has 8 heteroatoms. The van der Waals surface area contributed by atoms with Crippen molar-refractivity contribution in [2.75, 3.05) is 20.0 Å². The van der Waals surface area contributed by atoms with E-state index in [1.54, 1.807) is 44.2 Å². The number of aromatic nitrogens is 2. The molecule has 4 rings (SSSR count). The highest BCUT2D eigenvalue weighted by molar-refractivity contribution is 7.99. The minimum Gasteiger partial charge on any atom is -0.497 e. The lowest BCUT2D eigenvalue weighted by Crippen LogP contribution is -2.14. The number of amides is 1. The number of benzene rings is 3. The van der Waals surface area contributed by atoms with E-state index in [9.17, 15) is 4.79 Å². The quantitative estimate of drug-likeness (QED) is 0.285. The fraction of sp³-hybridized carbons (Fsp3) is 0.154. The summed E-state index contributed by atoms with van der Waals surface area (Å²) in [6.45, 7) is 0. The number of rotatable bonds is 9. The van der Waals surface area contributed by atoms with Crippen molar-refractivity contribution in [3.63, 3.8) is 0 Å². The molecule has 0 atom stereocenters. The molecule has 34 heavy (non-hydrogen) atoms. The van der Waals surface area contributed by atoms with Crippen LogP contribution < -0.4 is 15.2 Å². The summed E-state index contributed by atoms with van der Waals surface area (Å²) in [6, 6.07) is 20.8. The van der Waals surface area contributed by atoms with Crippen LogP contribution in [0.1, 0.15) is 15.9 Å². The molecule has 0 aliphatic heterocycles.